The molecule has 0 bridgehead atoms. The second kappa shape index (κ2) is 7.68. The van der Waals surface area contributed by atoms with Crippen LogP contribution in [0.15, 0.2) is 54.6 Å². The van der Waals surface area contributed by atoms with Crippen LogP contribution >= 0.6 is 0 Å². The van der Waals surface area contributed by atoms with E-state index in [0.29, 0.717) is 6.61 Å². The fraction of sp³-hybridized carbons (Fsp3) is 0.294. The average molecular weight is 270 g/mol. The molecule has 0 aromatic heterocycles. The first kappa shape index (κ1) is 14.6. The third kappa shape index (κ3) is 4.68. The van der Waals surface area contributed by atoms with Gasteiger partial charge in [0.15, 0.2) is 0 Å². The van der Waals surface area contributed by atoms with Crippen LogP contribution in [-0.4, -0.2) is 12.6 Å². The standard InChI is InChI=1S/C17H22N2O/c1-14-6-5-7-15(12-14)13-16(19-18)10-11-20-17-8-3-2-4-9-17/h2-9,12,16,19H,10-11,13,18H2,1H3. The highest BCUT2D eigenvalue weighted by molar-refractivity contribution is 5.23. The zero-order valence-corrected chi connectivity index (χ0v) is 11.9. The van der Waals surface area contributed by atoms with Gasteiger partial charge in [-0.1, -0.05) is 48.0 Å². The van der Waals surface area contributed by atoms with Crippen LogP contribution in [-0.2, 0) is 6.42 Å². The van der Waals surface area contributed by atoms with E-state index in [1.165, 1.54) is 11.1 Å². The molecule has 0 heterocycles. The van der Waals surface area contributed by atoms with Crippen LogP contribution in [0.4, 0.5) is 0 Å². The zero-order valence-electron chi connectivity index (χ0n) is 11.9. The quantitative estimate of drug-likeness (QED) is 0.601. The van der Waals surface area contributed by atoms with E-state index in [-0.39, 0.29) is 6.04 Å². The molecule has 0 aliphatic rings. The van der Waals surface area contributed by atoms with Gasteiger partial charge < -0.3 is 4.74 Å². The predicted octanol–water partition coefficient (Wildman–Crippen LogP) is 2.84. The van der Waals surface area contributed by atoms with Gasteiger partial charge in [0.2, 0.25) is 0 Å². The molecule has 1 atom stereocenters. The Morgan fingerprint density at radius 3 is 2.60 bits per heavy atom. The van der Waals surface area contributed by atoms with Crippen LogP contribution in [0.25, 0.3) is 0 Å². The maximum atomic E-state index is 5.70. The van der Waals surface area contributed by atoms with E-state index < -0.39 is 0 Å². The number of nitrogens with two attached hydrogens (primary N) is 1. The van der Waals surface area contributed by atoms with Crippen LogP contribution in [0.5, 0.6) is 5.75 Å². The van der Waals surface area contributed by atoms with Crippen molar-refractivity contribution in [3.63, 3.8) is 0 Å². The maximum Gasteiger partial charge on any atom is 0.119 e. The van der Waals surface area contributed by atoms with Gasteiger partial charge in [0.05, 0.1) is 6.61 Å². The van der Waals surface area contributed by atoms with E-state index in [4.69, 9.17) is 10.6 Å². The Balaban J connectivity index is 1.80. The van der Waals surface area contributed by atoms with Gasteiger partial charge in [-0.15, -0.1) is 0 Å². The van der Waals surface area contributed by atoms with Crippen LogP contribution in [0.2, 0.25) is 0 Å². The minimum Gasteiger partial charge on any atom is -0.494 e. The summed E-state index contributed by atoms with van der Waals surface area (Å²) in [5, 5.41) is 0. The maximum absolute atomic E-state index is 5.70. The van der Waals surface area contributed by atoms with Crippen LogP contribution in [0.3, 0.4) is 0 Å². The molecule has 1 unspecified atom stereocenters. The van der Waals surface area contributed by atoms with Crippen molar-refractivity contribution in [1.82, 2.24) is 5.43 Å². The van der Waals surface area contributed by atoms with Gasteiger partial charge in [0, 0.05) is 6.04 Å². The Labute approximate surface area is 120 Å². The van der Waals surface area contributed by atoms with Gasteiger partial charge in [0.25, 0.3) is 0 Å². The Hall–Kier alpha value is -1.84. The lowest BCUT2D eigenvalue weighted by molar-refractivity contribution is 0.285. The summed E-state index contributed by atoms with van der Waals surface area (Å²) in [7, 11) is 0. The van der Waals surface area contributed by atoms with Gasteiger partial charge in [-0.2, -0.15) is 0 Å². The van der Waals surface area contributed by atoms with Crippen molar-refractivity contribution in [2.75, 3.05) is 6.61 Å². The normalized spacial score (nSPS) is 12.1. The predicted molar refractivity (Wildman–Crippen MR) is 82.5 cm³/mol. The van der Waals surface area contributed by atoms with E-state index in [0.717, 1.165) is 18.6 Å². The molecule has 3 N–H and O–H groups in total. The second-order valence-corrected chi connectivity index (χ2v) is 5.01. The highest BCUT2D eigenvalue weighted by Crippen LogP contribution is 2.11. The minimum absolute atomic E-state index is 0.223. The highest BCUT2D eigenvalue weighted by Gasteiger charge is 2.08. The molecule has 3 heteroatoms. The number of nitrogens with one attached hydrogen (secondary N) is 1. The summed E-state index contributed by atoms with van der Waals surface area (Å²) in [6.45, 7) is 2.76. The smallest absolute Gasteiger partial charge is 0.119 e. The molecule has 0 amide bonds. The third-order valence-corrected chi connectivity index (χ3v) is 3.28. The van der Waals surface area contributed by atoms with Gasteiger partial charge in [-0.3, -0.25) is 11.3 Å². The molecule has 0 aliphatic heterocycles. The average Bonchev–Trinajstić information content (AvgIpc) is 2.47. The molecule has 0 aliphatic carbocycles. The molecule has 2 rings (SSSR count). The Morgan fingerprint density at radius 1 is 1.10 bits per heavy atom. The number of benzene rings is 2. The fourth-order valence-electron chi connectivity index (χ4n) is 2.20. The SMILES string of the molecule is Cc1cccc(CC(CCOc2ccccc2)NN)c1. The molecule has 0 fully saturated rings. The highest BCUT2D eigenvalue weighted by atomic mass is 16.5. The summed E-state index contributed by atoms with van der Waals surface area (Å²) < 4.78 is 5.70. The van der Waals surface area contributed by atoms with Crippen molar-refractivity contribution in [2.45, 2.75) is 25.8 Å². The van der Waals surface area contributed by atoms with Gasteiger partial charge in [-0.05, 0) is 37.5 Å². The molecule has 2 aromatic carbocycles. The van der Waals surface area contributed by atoms with Crippen molar-refractivity contribution < 1.29 is 4.74 Å². The van der Waals surface area contributed by atoms with Gasteiger partial charge in [-0.25, -0.2) is 0 Å². The summed E-state index contributed by atoms with van der Waals surface area (Å²) in [5.74, 6) is 6.53. The number of hydrogen-bond donors (Lipinski definition) is 2. The molecule has 20 heavy (non-hydrogen) atoms. The van der Waals surface area contributed by atoms with E-state index in [9.17, 15) is 0 Å². The Bertz CT molecular complexity index is 513. The number of rotatable bonds is 7. The molecule has 0 saturated heterocycles. The first-order valence-electron chi connectivity index (χ1n) is 6.97. The number of aryl methyl sites for hydroxylation is 1. The van der Waals surface area contributed by atoms with Crippen molar-refractivity contribution >= 4 is 0 Å². The molecular formula is C17H22N2O. The van der Waals surface area contributed by atoms with Crippen LogP contribution in [0, 0.1) is 6.92 Å². The van der Waals surface area contributed by atoms with Crippen molar-refractivity contribution in [3.05, 3.63) is 65.7 Å². The molecule has 106 valence electrons. The molecule has 2 aromatic rings. The first-order valence-corrected chi connectivity index (χ1v) is 6.97. The molecular weight excluding hydrogens is 248 g/mol. The number of hydrazine groups is 1. The van der Waals surface area contributed by atoms with Crippen molar-refractivity contribution in [2.24, 2.45) is 5.84 Å². The van der Waals surface area contributed by atoms with Gasteiger partial charge >= 0.3 is 0 Å². The van der Waals surface area contributed by atoms with Crippen LogP contribution < -0.4 is 16.0 Å². The summed E-state index contributed by atoms with van der Waals surface area (Å²) in [6.07, 6.45) is 1.79. The van der Waals surface area contributed by atoms with Gasteiger partial charge in [0.1, 0.15) is 5.75 Å². The zero-order chi connectivity index (χ0) is 14.2. The molecule has 0 spiro atoms. The third-order valence-electron chi connectivity index (χ3n) is 3.28. The Morgan fingerprint density at radius 2 is 1.90 bits per heavy atom. The monoisotopic (exact) mass is 270 g/mol. The van der Waals surface area contributed by atoms with Crippen molar-refractivity contribution in [3.8, 4) is 5.75 Å². The topological polar surface area (TPSA) is 47.3 Å². The molecule has 0 radical (unpaired) electrons. The van der Waals surface area contributed by atoms with Crippen LogP contribution in [0.1, 0.15) is 17.5 Å². The lowest BCUT2D eigenvalue weighted by atomic mass is 10.0. The van der Waals surface area contributed by atoms with Crippen molar-refractivity contribution in [1.29, 1.82) is 0 Å². The Kier molecular flexibility index (Phi) is 5.59. The fourth-order valence-corrected chi connectivity index (χ4v) is 2.20. The van der Waals surface area contributed by atoms with E-state index >= 15 is 0 Å². The van der Waals surface area contributed by atoms with E-state index in [2.05, 4.69) is 36.6 Å². The number of para-hydroxylation sites is 1. The molecule has 0 saturated carbocycles. The van der Waals surface area contributed by atoms with E-state index in [1.807, 2.05) is 30.3 Å². The lowest BCUT2D eigenvalue weighted by Gasteiger charge is -2.16. The largest absolute Gasteiger partial charge is 0.494 e. The molecule has 3 nitrogen and oxygen atoms in total. The summed E-state index contributed by atoms with van der Waals surface area (Å²) in [6, 6.07) is 18.6. The second-order valence-electron chi connectivity index (χ2n) is 5.01. The minimum atomic E-state index is 0.223. The van der Waals surface area contributed by atoms with E-state index in [1.54, 1.807) is 0 Å². The summed E-state index contributed by atoms with van der Waals surface area (Å²) >= 11 is 0. The summed E-state index contributed by atoms with van der Waals surface area (Å²) in [5.41, 5.74) is 5.45. The number of hydrogen-bond acceptors (Lipinski definition) is 3. The number of ether oxygens (including phenoxy) is 1. The lowest BCUT2D eigenvalue weighted by Crippen LogP contribution is -2.37. The summed E-state index contributed by atoms with van der Waals surface area (Å²) in [4.78, 5) is 0. The first-order chi connectivity index (χ1) is 9.78.